The van der Waals surface area contributed by atoms with Crippen LogP contribution >= 0.6 is 0 Å². The molecule has 2 rings (SSSR count). The molecule has 0 N–H and O–H groups in total. The summed E-state index contributed by atoms with van der Waals surface area (Å²) >= 11 is 0. The lowest BCUT2D eigenvalue weighted by molar-refractivity contribution is 0.0898. The first-order valence-electron chi connectivity index (χ1n) is 5.40. The summed E-state index contributed by atoms with van der Waals surface area (Å²) in [5, 5.41) is 11.7. The van der Waals surface area contributed by atoms with Gasteiger partial charge in [0.05, 0.1) is 4.90 Å². The Morgan fingerprint density at radius 1 is 0.895 bits per heavy atom. The Morgan fingerprint density at radius 3 is 1.89 bits per heavy atom. The smallest absolute Gasteiger partial charge is 0.257 e. The van der Waals surface area contributed by atoms with Gasteiger partial charge in [-0.2, -0.15) is 0 Å². The number of nitrogens with zero attached hydrogens (tertiary/aromatic N) is 1. The van der Waals surface area contributed by atoms with E-state index < -0.39 is 20.4 Å². The van der Waals surface area contributed by atoms with Crippen LogP contribution in [-0.2, 0) is 10.0 Å². The largest absolute Gasteiger partial charge is 0.742 e. The van der Waals surface area contributed by atoms with Crippen LogP contribution in [0.5, 0.6) is 0 Å². The average molecular weight is 276 g/mol. The van der Waals surface area contributed by atoms with Crippen molar-refractivity contribution >= 4 is 15.9 Å². The van der Waals surface area contributed by atoms with Crippen molar-refractivity contribution < 1.29 is 13.2 Å². The van der Waals surface area contributed by atoms with Gasteiger partial charge in [0.1, 0.15) is 0 Å². The molecule has 19 heavy (non-hydrogen) atoms. The number of benzene rings is 2. The minimum Gasteiger partial charge on any atom is -0.742 e. The van der Waals surface area contributed by atoms with Crippen LogP contribution in [0.4, 0.5) is 0 Å². The van der Waals surface area contributed by atoms with E-state index in [-0.39, 0.29) is 10.5 Å². The summed E-state index contributed by atoms with van der Waals surface area (Å²) < 4.78 is 23.4. The van der Waals surface area contributed by atoms with Crippen LogP contribution in [0.1, 0.15) is 10.4 Å². The van der Waals surface area contributed by atoms with Gasteiger partial charge in [-0.05, 0) is 24.3 Å². The average Bonchev–Trinajstić information content (AvgIpc) is 2.47. The summed E-state index contributed by atoms with van der Waals surface area (Å²) in [6.45, 7) is 0. The highest BCUT2D eigenvalue weighted by atomic mass is 32.2. The molecule has 0 saturated heterocycles. The Labute approximate surface area is 110 Å². The third-order valence-corrected chi connectivity index (χ3v) is 3.92. The molecule has 0 heterocycles. The van der Waals surface area contributed by atoms with Gasteiger partial charge in [0, 0.05) is 5.56 Å². The predicted octanol–water partition coefficient (Wildman–Crippen LogP) is 2.02. The molecule has 2 aromatic carbocycles. The van der Waals surface area contributed by atoms with Crippen molar-refractivity contribution in [3.05, 3.63) is 71.4 Å². The standard InChI is InChI=1S/C13H10NO4S/c15-13(11-7-3-1-4-8-11)14(16)19(17,18)12-9-5-2-6-10-12/h1-10H/q-1. The molecule has 0 radical (unpaired) electrons. The molecule has 5 nitrogen and oxygen atoms in total. The van der Waals surface area contributed by atoms with Crippen LogP contribution in [0.25, 0.3) is 0 Å². The summed E-state index contributed by atoms with van der Waals surface area (Å²) in [5.74, 6) is -1.11. The second-order valence-electron chi connectivity index (χ2n) is 3.72. The summed E-state index contributed by atoms with van der Waals surface area (Å²) in [5.41, 5.74) is 0.0250. The molecule has 0 atom stereocenters. The minimum atomic E-state index is -4.36. The minimum absolute atomic E-state index is 0.0250. The van der Waals surface area contributed by atoms with Crippen molar-refractivity contribution in [1.82, 2.24) is 4.47 Å². The second-order valence-corrected chi connectivity index (χ2v) is 5.47. The molecule has 0 spiro atoms. The van der Waals surface area contributed by atoms with Crippen molar-refractivity contribution in [2.24, 2.45) is 0 Å². The maximum atomic E-state index is 11.9. The number of carbonyl (C=O) groups excluding carboxylic acids is 1. The zero-order valence-electron chi connectivity index (χ0n) is 9.76. The number of sulfonamides is 1. The normalized spacial score (nSPS) is 11.0. The maximum Gasteiger partial charge on any atom is 0.257 e. The lowest BCUT2D eigenvalue weighted by atomic mass is 10.2. The van der Waals surface area contributed by atoms with Crippen LogP contribution in [0.2, 0.25) is 0 Å². The Hall–Kier alpha value is -2.18. The monoisotopic (exact) mass is 276 g/mol. The number of amides is 1. The first-order chi connectivity index (χ1) is 9.03. The molecule has 1 amide bonds. The highest BCUT2D eigenvalue weighted by molar-refractivity contribution is 7.89. The van der Waals surface area contributed by atoms with Crippen molar-refractivity contribution in [1.29, 1.82) is 0 Å². The Morgan fingerprint density at radius 2 is 1.37 bits per heavy atom. The van der Waals surface area contributed by atoms with Gasteiger partial charge < -0.3 is 9.68 Å². The van der Waals surface area contributed by atoms with E-state index in [9.17, 15) is 18.4 Å². The molecule has 0 aliphatic heterocycles. The number of hydrogen-bond acceptors (Lipinski definition) is 4. The number of rotatable bonds is 3. The molecule has 98 valence electrons. The Balaban J connectivity index is 2.35. The third kappa shape index (κ3) is 2.64. The van der Waals surface area contributed by atoms with Crippen molar-refractivity contribution in [2.45, 2.75) is 4.90 Å². The summed E-state index contributed by atoms with van der Waals surface area (Å²) in [6, 6.07) is 14.6. The van der Waals surface area contributed by atoms with E-state index in [4.69, 9.17) is 0 Å². The first-order valence-corrected chi connectivity index (χ1v) is 6.84. The lowest BCUT2D eigenvalue weighted by Gasteiger charge is -2.27. The fraction of sp³-hybridized carbons (Fsp3) is 0. The van der Waals surface area contributed by atoms with Gasteiger partial charge in [-0.3, -0.25) is 4.79 Å². The van der Waals surface area contributed by atoms with E-state index in [0.717, 1.165) is 0 Å². The van der Waals surface area contributed by atoms with Gasteiger partial charge in [-0.1, -0.05) is 36.4 Å². The molecule has 0 fully saturated rings. The quantitative estimate of drug-likeness (QED) is 0.803. The molecule has 0 aliphatic carbocycles. The second kappa shape index (κ2) is 5.21. The van der Waals surface area contributed by atoms with E-state index >= 15 is 0 Å². The van der Waals surface area contributed by atoms with Gasteiger partial charge in [-0.25, -0.2) is 8.42 Å². The highest BCUT2D eigenvalue weighted by Crippen LogP contribution is 2.16. The van der Waals surface area contributed by atoms with Gasteiger partial charge >= 0.3 is 0 Å². The number of hydroxylamine groups is 1. The first kappa shape index (κ1) is 13.3. The molecule has 6 heteroatoms. The molecule has 0 bridgehead atoms. The van der Waals surface area contributed by atoms with Gasteiger partial charge in [0.2, 0.25) is 0 Å². The van der Waals surface area contributed by atoms with Crippen LogP contribution in [0.15, 0.2) is 65.6 Å². The van der Waals surface area contributed by atoms with E-state index in [0.29, 0.717) is 0 Å². The van der Waals surface area contributed by atoms with Crippen molar-refractivity contribution in [2.75, 3.05) is 0 Å². The van der Waals surface area contributed by atoms with E-state index in [1.807, 2.05) is 0 Å². The third-order valence-electron chi connectivity index (χ3n) is 2.45. The Kier molecular flexibility index (Phi) is 3.64. The molecule has 0 aromatic heterocycles. The molecule has 0 unspecified atom stereocenters. The molecular formula is C13H10NO4S-. The topological polar surface area (TPSA) is 77.5 Å². The lowest BCUT2D eigenvalue weighted by Crippen LogP contribution is -2.31. The zero-order chi connectivity index (χ0) is 13.9. The SMILES string of the molecule is O=C(c1ccccc1)N([O-])S(=O)(=O)c1ccccc1. The van der Waals surface area contributed by atoms with Gasteiger partial charge in [-0.15, -0.1) is 0 Å². The summed E-state index contributed by atoms with van der Waals surface area (Å²) in [4.78, 5) is 11.6. The zero-order valence-corrected chi connectivity index (χ0v) is 10.6. The van der Waals surface area contributed by atoms with E-state index in [1.165, 1.54) is 36.4 Å². The van der Waals surface area contributed by atoms with Crippen molar-refractivity contribution in [3.63, 3.8) is 0 Å². The van der Waals surface area contributed by atoms with Crippen molar-refractivity contribution in [3.8, 4) is 0 Å². The fourth-order valence-corrected chi connectivity index (χ4v) is 2.50. The molecule has 2 aromatic rings. The Bertz CT molecular complexity index is 668. The van der Waals surface area contributed by atoms with Crippen LogP contribution < -0.4 is 0 Å². The van der Waals surface area contributed by atoms with E-state index in [1.54, 1.807) is 24.3 Å². The van der Waals surface area contributed by atoms with E-state index in [2.05, 4.69) is 0 Å². The molecule has 0 aliphatic rings. The maximum absolute atomic E-state index is 11.9. The molecular weight excluding hydrogens is 266 g/mol. The van der Waals surface area contributed by atoms with Gasteiger partial charge in [0.25, 0.3) is 15.9 Å². The van der Waals surface area contributed by atoms with Crippen LogP contribution in [-0.4, -0.2) is 18.8 Å². The van der Waals surface area contributed by atoms with Crippen LogP contribution in [0.3, 0.4) is 0 Å². The predicted molar refractivity (Wildman–Crippen MR) is 69.6 cm³/mol. The van der Waals surface area contributed by atoms with Gasteiger partial charge in [0.15, 0.2) is 0 Å². The summed E-state index contributed by atoms with van der Waals surface area (Å²) in [6.07, 6.45) is 0. The fourth-order valence-electron chi connectivity index (χ4n) is 1.48. The molecule has 0 saturated carbocycles. The number of hydrogen-bond donors (Lipinski definition) is 0. The number of carbonyl (C=O) groups is 1. The summed E-state index contributed by atoms with van der Waals surface area (Å²) in [7, 11) is -4.36. The highest BCUT2D eigenvalue weighted by Gasteiger charge is 2.21. The van der Waals surface area contributed by atoms with Crippen LogP contribution in [0, 0.1) is 5.21 Å².